The molecule has 0 spiro atoms. The molecule has 100 valence electrons. The predicted molar refractivity (Wildman–Crippen MR) is 69.6 cm³/mol. The second-order valence-electron chi connectivity index (χ2n) is 4.89. The molecule has 0 radical (unpaired) electrons. The standard InChI is InChI=1S/C12H18ClN3O2/c1-12(2,3)18-11(17)14-6-4-5-9-7-15-10(13)16-8-9/h7-8H,4-6H2,1-3H3,(H,14,17). The first kappa shape index (κ1) is 14.7. The summed E-state index contributed by atoms with van der Waals surface area (Å²) in [6.07, 6.45) is 4.55. The van der Waals surface area contributed by atoms with Crippen LogP contribution in [0.1, 0.15) is 32.8 Å². The van der Waals surface area contributed by atoms with Gasteiger partial charge in [-0.3, -0.25) is 0 Å². The van der Waals surface area contributed by atoms with Crippen LogP contribution in [-0.4, -0.2) is 28.2 Å². The number of carbonyl (C=O) groups excluding carboxylic acids is 1. The van der Waals surface area contributed by atoms with Gasteiger partial charge in [0.05, 0.1) is 0 Å². The van der Waals surface area contributed by atoms with E-state index in [9.17, 15) is 4.79 Å². The highest BCUT2D eigenvalue weighted by Crippen LogP contribution is 2.06. The summed E-state index contributed by atoms with van der Waals surface area (Å²) < 4.78 is 5.11. The van der Waals surface area contributed by atoms with E-state index >= 15 is 0 Å². The van der Waals surface area contributed by atoms with Crippen LogP contribution in [-0.2, 0) is 11.2 Å². The van der Waals surface area contributed by atoms with Crippen molar-refractivity contribution in [3.8, 4) is 0 Å². The van der Waals surface area contributed by atoms with Crippen molar-refractivity contribution in [1.29, 1.82) is 0 Å². The SMILES string of the molecule is CC(C)(C)OC(=O)NCCCc1cnc(Cl)nc1. The molecule has 0 saturated carbocycles. The molecule has 0 saturated heterocycles. The van der Waals surface area contributed by atoms with E-state index in [0.717, 1.165) is 18.4 Å². The minimum Gasteiger partial charge on any atom is -0.444 e. The Morgan fingerprint density at radius 1 is 1.39 bits per heavy atom. The molecule has 0 aliphatic heterocycles. The highest BCUT2D eigenvalue weighted by molar-refractivity contribution is 6.28. The van der Waals surface area contributed by atoms with Crippen molar-refractivity contribution in [1.82, 2.24) is 15.3 Å². The molecule has 1 aromatic rings. The molecular weight excluding hydrogens is 254 g/mol. The van der Waals surface area contributed by atoms with E-state index in [1.54, 1.807) is 12.4 Å². The highest BCUT2D eigenvalue weighted by Gasteiger charge is 2.15. The van der Waals surface area contributed by atoms with E-state index in [1.807, 2.05) is 20.8 Å². The van der Waals surface area contributed by atoms with Crippen LogP contribution >= 0.6 is 11.6 Å². The average molecular weight is 272 g/mol. The molecule has 0 aromatic carbocycles. The molecule has 0 atom stereocenters. The number of amides is 1. The monoisotopic (exact) mass is 271 g/mol. The van der Waals surface area contributed by atoms with E-state index in [-0.39, 0.29) is 5.28 Å². The third kappa shape index (κ3) is 6.39. The van der Waals surface area contributed by atoms with Crippen molar-refractivity contribution >= 4 is 17.7 Å². The summed E-state index contributed by atoms with van der Waals surface area (Å²) in [5.41, 5.74) is 0.527. The Morgan fingerprint density at radius 3 is 2.56 bits per heavy atom. The molecule has 6 heteroatoms. The van der Waals surface area contributed by atoms with E-state index < -0.39 is 11.7 Å². The van der Waals surface area contributed by atoms with Crippen molar-refractivity contribution < 1.29 is 9.53 Å². The topological polar surface area (TPSA) is 64.1 Å². The summed E-state index contributed by atoms with van der Waals surface area (Å²) in [7, 11) is 0. The van der Waals surface area contributed by atoms with Crippen LogP contribution in [0.4, 0.5) is 4.79 Å². The molecule has 0 fully saturated rings. The zero-order valence-electron chi connectivity index (χ0n) is 10.9. The number of rotatable bonds is 4. The van der Waals surface area contributed by atoms with Gasteiger partial charge in [0.25, 0.3) is 0 Å². The third-order valence-electron chi connectivity index (χ3n) is 1.98. The Hall–Kier alpha value is -1.36. The lowest BCUT2D eigenvalue weighted by Crippen LogP contribution is -2.33. The van der Waals surface area contributed by atoms with Crippen molar-refractivity contribution in [3.05, 3.63) is 23.2 Å². The molecule has 18 heavy (non-hydrogen) atoms. The van der Waals surface area contributed by atoms with Gasteiger partial charge in [0.15, 0.2) is 0 Å². The van der Waals surface area contributed by atoms with Crippen LogP contribution in [0.15, 0.2) is 12.4 Å². The Morgan fingerprint density at radius 2 is 2.00 bits per heavy atom. The quantitative estimate of drug-likeness (QED) is 0.675. The van der Waals surface area contributed by atoms with Crippen LogP contribution in [0.5, 0.6) is 0 Å². The molecule has 1 N–H and O–H groups in total. The molecule has 0 aliphatic carbocycles. The van der Waals surface area contributed by atoms with E-state index in [0.29, 0.717) is 6.54 Å². The van der Waals surface area contributed by atoms with Gasteiger partial charge in [-0.15, -0.1) is 0 Å². The lowest BCUT2D eigenvalue weighted by molar-refractivity contribution is 0.0527. The number of aromatic nitrogens is 2. The number of nitrogens with zero attached hydrogens (tertiary/aromatic N) is 2. The predicted octanol–water partition coefficient (Wildman–Crippen LogP) is 2.59. The fourth-order valence-electron chi connectivity index (χ4n) is 1.27. The zero-order chi connectivity index (χ0) is 13.6. The fraction of sp³-hybridized carbons (Fsp3) is 0.583. The largest absolute Gasteiger partial charge is 0.444 e. The first-order valence-corrected chi connectivity index (χ1v) is 6.18. The number of halogens is 1. The minimum absolute atomic E-state index is 0.241. The van der Waals surface area contributed by atoms with Crippen LogP contribution < -0.4 is 5.32 Å². The number of nitrogens with one attached hydrogen (secondary N) is 1. The summed E-state index contributed by atoms with van der Waals surface area (Å²) in [5, 5.41) is 2.93. The summed E-state index contributed by atoms with van der Waals surface area (Å²) in [4.78, 5) is 19.1. The molecule has 1 heterocycles. The van der Waals surface area contributed by atoms with Gasteiger partial charge in [-0.2, -0.15) is 0 Å². The van der Waals surface area contributed by atoms with Gasteiger partial charge < -0.3 is 10.1 Å². The summed E-state index contributed by atoms with van der Waals surface area (Å²) in [6.45, 7) is 6.05. The lowest BCUT2D eigenvalue weighted by atomic mass is 10.2. The van der Waals surface area contributed by atoms with E-state index in [4.69, 9.17) is 16.3 Å². The third-order valence-corrected chi connectivity index (χ3v) is 2.18. The zero-order valence-corrected chi connectivity index (χ0v) is 11.6. The second kappa shape index (κ2) is 6.54. The van der Waals surface area contributed by atoms with Crippen LogP contribution in [0.2, 0.25) is 5.28 Å². The minimum atomic E-state index is -0.464. The molecule has 0 bridgehead atoms. The molecule has 1 rings (SSSR count). The number of carbonyl (C=O) groups is 1. The van der Waals surface area contributed by atoms with E-state index in [1.165, 1.54) is 0 Å². The summed E-state index contributed by atoms with van der Waals surface area (Å²) in [6, 6.07) is 0. The average Bonchev–Trinajstić information content (AvgIpc) is 2.24. The highest BCUT2D eigenvalue weighted by atomic mass is 35.5. The molecular formula is C12H18ClN3O2. The summed E-state index contributed by atoms with van der Waals surface area (Å²) in [5.74, 6) is 0. The van der Waals surface area contributed by atoms with Crippen LogP contribution in [0.3, 0.4) is 0 Å². The molecule has 1 aromatic heterocycles. The Balaban J connectivity index is 2.19. The number of aryl methyl sites for hydroxylation is 1. The van der Waals surface area contributed by atoms with Gasteiger partial charge in [0, 0.05) is 18.9 Å². The van der Waals surface area contributed by atoms with Gasteiger partial charge in [-0.25, -0.2) is 14.8 Å². The fourth-order valence-corrected chi connectivity index (χ4v) is 1.36. The normalized spacial score (nSPS) is 11.1. The number of hydrogen-bond acceptors (Lipinski definition) is 4. The van der Waals surface area contributed by atoms with Crippen LogP contribution in [0.25, 0.3) is 0 Å². The maximum absolute atomic E-state index is 11.3. The molecule has 0 unspecified atom stereocenters. The first-order chi connectivity index (χ1) is 8.37. The van der Waals surface area contributed by atoms with Crippen molar-refractivity contribution in [2.45, 2.75) is 39.2 Å². The molecule has 1 amide bonds. The van der Waals surface area contributed by atoms with Gasteiger partial charge in [0.2, 0.25) is 5.28 Å². The maximum atomic E-state index is 11.3. The van der Waals surface area contributed by atoms with Gasteiger partial charge >= 0.3 is 6.09 Å². The van der Waals surface area contributed by atoms with Gasteiger partial charge in [-0.05, 0) is 50.8 Å². The Kier molecular flexibility index (Phi) is 5.34. The van der Waals surface area contributed by atoms with Crippen molar-refractivity contribution in [2.75, 3.05) is 6.54 Å². The Labute approximate surface area is 112 Å². The van der Waals surface area contributed by atoms with Gasteiger partial charge in [-0.1, -0.05) is 0 Å². The smallest absolute Gasteiger partial charge is 0.407 e. The van der Waals surface area contributed by atoms with Gasteiger partial charge in [0.1, 0.15) is 5.60 Å². The van der Waals surface area contributed by atoms with Crippen LogP contribution in [0, 0.1) is 0 Å². The lowest BCUT2D eigenvalue weighted by Gasteiger charge is -2.19. The first-order valence-electron chi connectivity index (χ1n) is 5.80. The summed E-state index contributed by atoms with van der Waals surface area (Å²) >= 11 is 5.58. The van der Waals surface area contributed by atoms with E-state index in [2.05, 4.69) is 15.3 Å². The molecule has 5 nitrogen and oxygen atoms in total. The maximum Gasteiger partial charge on any atom is 0.407 e. The van der Waals surface area contributed by atoms with Crippen molar-refractivity contribution in [2.24, 2.45) is 0 Å². The number of alkyl carbamates (subject to hydrolysis) is 1. The van der Waals surface area contributed by atoms with Crippen molar-refractivity contribution in [3.63, 3.8) is 0 Å². The Bertz CT molecular complexity index is 387. The number of ether oxygens (including phenoxy) is 1. The molecule has 0 aliphatic rings. The second-order valence-corrected chi connectivity index (χ2v) is 5.23. The number of hydrogen-bond donors (Lipinski definition) is 1.